The zero-order valence-electron chi connectivity index (χ0n) is 10.2. The third-order valence-electron chi connectivity index (χ3n) is 2.72. The Morgan fingerprint density at radius 1 is 1.38 bits per heavy atom. The van der Waals surface area contributed by atoms with Gasteiger partial charge in [0.25, 0.3) is 0 Å². The first-order chi connectivity index (χ1) is 7.51. The van der Waals surface area contributed by atoms with E-state index in [0.29, 0.717) is 12.3 Å². The van der Waals surface area contributed by atoms with Crippen molar-refractivity contribution in [2.24, 2.45) is 18.4 Å². The van der Waals surface area contributed by atoms with Gasteiger partial charge in [-0.3, -0.25) is 4.68 Å². The molecular formula is C11H21N3O2. The Balaban J connectivity index is 2.77. The molecule has 0 aliphatic carbocycles. The summed E-state index contributed by atoms with van der Waals surface area (Å²) in [7, 11) is 1.80. The average molecular weight is 227 g/mol. The molecule has 5 heteroatoms. The van der Waals surface area contributed by atoms with Gasteiger partial charge in [0, 0.05) is 25.1 Å². The van der Waals surface area contributed by atoms with Crippen LogP contribution in [0, 0.1) is 11.3 Å². The van der Waals surface area contributed by atoms with Gasteiger partial charge < -0.3 is 10.2 Å². The van der Waals surface area contributed by atoms with Crippen LogP contribution in [0.1, 0.15) is 26.0 Å². The van der Waals surface area contributed by atoms with Crippen LogP contribution in [-0.2, 0) is 13.5 Å². The van der Waals surface area contributed by atoms with E-state index in [-0.39, 0.29) is 13.2 Å². The molecule has 0 bridgehead atoms. The molecule has 0 fully saturated rings. The van der Waals surface area contributed by atoms with Gasteiger partial charge in [0.05, 0.1) is 18.9 Å². The van der Waals surface area contributed by atoms with Crippen LogP contribution in [0.15, 0.2) is 6.20 Å². The van der Waals surface area contributed by atoms with Gasteiger partial charge in [-0.1, -0.05) is 19.1 Å². The van der Waals surface area contributed by atoms with E-state index in [1.54, 1.807) is 11.7 Å². The molecule has 1 rings (SSSR count). The van der Waals surface area contributed by atoms with E-state index >= 15 is 0 Å². The summed E-state index contributed by atoms with van der Waals surface area (Å²) in [6, 6.07) is 0. The molecule has 0 aliphatic heterocycles. The van der Waals surface area contributed by atoms with E-state index in [4.69, 9.17) is 0 Å². The Bertz CT molecular complexity index is 319. The summed E-state index contributed by atoms with van der Waals surface area (Å²) < 4.78 is 1.63. The Hall–Kier alpha value is -0.940. The lowest BCUT2D eigenvalue weighted by Gasteiger charge is -2.30. The molecule has 0 aliphatic rings. The van der Waals surface area contributed by atoms with Gasteiger partial charge in [-0.2, -0.15) is 0 Å². The van der Waals surface area contributed by atoms with Crippen LogP contribution < -0.4 is 0 Å². The highest BCUT2D eigenvalue weighted by atomic mass is 16.3. The number of nitrogens with zero attached hydrogens (tertiary/aromatic N) is 3. The van der Waals surface area contributed by atoms with Crippen molar-refractivity contribution < 1.29 is 10.2 Å². The van der Waals surface area contributed by atoms with E-state index in [2.05, 4.69) is 24.2 Å². The third-order valence-corrected chi connectivity index (χ3v) is 2.72. The van der Waals surface area contributed by atoms with Crippen LogP contribution in [-0.4, -0.2) is 38.4 Å². The van der Waals surface area contributed by atoms with Crippen molar-refractivity contribution in [1.29, 1.82) is 0 Å². The highest BCUT2D eigenvalue weighted by Crippen LogP contribution is 2.29. The summed E-state index contributed by atoms with van der Waals surface area (Å²) in [6.07, 6.45) is 3.16. The smallest absolute Gasteiger partial charge is 0.0834 e. The second kappa shape index (κ2) is 5.41. The Labute approximate surface area is 96.1 Å². The summed E-state index contributed by atoms with van der Waals surface area (Å²) in [4.78, 5) is 0. The van der Waals surface area contributed by atoms with E-state index in [0.717, 1.165) is 12.1 Å². The first-order valence-electron chi connectivity index (χ1n) is 5.58. The molecule has 0 atom stereocenters. The highest BCUT2D eigenvalue weighted by molar-refractivity contribution is 4.99. The van der Waals surface area contributed by atoms with Gasteiger partial charge in [-0.05, 0) is 12.3 Å². The van der Waals surface area contributed by atoms with Crippen molar-refractivity contribution in [3.05, 3.63) is 11.9 Å². The monoisotopic (exact) mass is 227 g/mol. The summed E-state index contributed by atoms with van der Waals surface area (Å²) in [5, 5.41) is 26.8. The number of aliphatic hydroxyl groups is 2. The second-order valence-electron chi connectivity index (χ2n) is 4.97. The van der Waals surface area contributed by atoms with E-state index in [1.165, 1.54) is 0 Å². The standard InChI is InChI=1S/C11H21N3O2/c1-9(2)4-11(7-15,8-16)5-10-6-14(3)13-12-10/h6,9,15-16H,4-5,7-8H2,1-3H3. The van der Waals surface area contributed by atoms with Crippen LogP contribution in [0.25, 0.3) is 0 Å². The molecule has 0 saturated heterocycles. The molecule has 16 heavy (non-hydrogen) atoms. The maximum absolute atomic E-state index is 9.48. The topological polar surface area (TPSA) is 71.2 Å². The highest BCUT2D eigenvalue weighted by Gasteiger charge is 2.31. The van der Waals surface area contributed by atoms with Crippen molar-refractivity contribution in [2.75, 3.05) is 13.2 Å². The van der Waals surface area contributed by atoms with Crippen molar-refractivity contribution in [1.82, 2.24) is 15.0 Å². The fourth-order valence-electron chi connectivity index (χ4n) is 2.09. The normalized spacial score (nSPS) is 12.4. The zero-order valence-corrected chi connectivity index (χ0v) is 10.2. The molecule has 0 spiro atoms. The van der Waals surface area contributed by atoms with E-state index in [1.807, 2.05) is 6.20 Å². The number of aliphatic hydroxyl groups excluding tert-OH is 2. The Morgan fingerprint density at radius 3 is 2.38 bits per heavy atom. The minimum Gasteiger partial charge on any atom is -0.396 e. The van der Waals surface area contributed by atoms with Gasteiger partial charge in [-0.25, -0.2) is 0 Å². The Kier molecular flexibility index (Phi) is 4.44. The van der Waals surface area contributed by atoms with Crippen LogP contribution in [0.3, 0.4) is 0 Å². The van der Waals surface area contributed by atoms with Crippen LogP contribution in [0.5, 0.6) is 0 Å². The predicted octanol–water partition coefficient (Wildman–Crippen LogP) is 0.375. The number of hydrogen-bond acceptors (Lipinski definition) is 4. The summed E-state index contributed by atoms with van der Waals surface area (Å²) in [5.41, 5.74) is 0.329. The molecule has 0 unspecified atom stereocenters. The lowest BCUT2D eigenvalue weighted by Crippen LogP contribution is -2.34. The third kappa shape index (κ3) is 3.28. The predicted molar refractivity (Wildman–Crippen MR) is 60.8 cm³/mol. The number of aryl methyl sites for hydroxylation is 1. The van der Waals surface area contributed by atoms with E-state index in [9.17, 15) is 10.2 Å². The van der Waals surface area contributed by atoms with Crippen LogP contribution >= 0.6 is 0 Å². The molecule has 0 radical (unpaired) electrons. The summed E-state index contributed by atoms with van der Waals surface area (Å²) in [6.45, 7) is 4.10. The number of aromatic nitrogens is 3. The van der Waals surface area contributed by atoms with Crippen LogP contribution in [0.4, 0.5) is 0 Å². The van der Waals surface area contributed by atoms with Crippen LogP contribution in [0.2, 0.25) is 0 Å². The fraction of sp³-hybridized carbons (Fsp3) is 0.818. The summed E-state index contributed by atoms with van der Waals surface area (Å²) >= 11 is 0. The molecule has 0 aromatic carbocycles. The molecule has 1 aromatic rings. The van der Waals surface area contributed by atoms with E-state index < -0.39 is 5.41 Å². The molecule has 1 heterocycles. The minimum absolute atomic E-state index is 0.0295. The molecule has 1 aromatic heterocycles. The minimum atomic E-state index is -0.482. The first kappa shape index (κ1) is 13.1. The summed E-state index contributed by atoms with van der Waals surface area (Å²) in [5.74, 6) is 0.427. The molecule has 0 saturated carbocycles. The fourth-order valence-corrected chi connectivity index (χ4v) is 2.09. The van der Waals surface area contributed by atoms with Gasteiger partial charge >= 0.3 is 0 Å². The van der Waals surface area contributed by atoms with Gasteiger partial charge in [0.2, 0.25) is 0 Å². The average Bonchev–Trinajstić information content (AvgIpc) is 2.62. The largest absolute Gasteiger partial charge is 0.396 e. The SMILES string of the molecule is CC(C)CC(CO)(CO)Cc1cn(C)nn1. The van der Waals surface area contributed by atoms with Gasteiger partial charge in [-0.15, -0.1) is 5.10 Å². The molecule has 5 nitrogen and oxygen atoms in total. The maximum Gasteiger partial charge on any atom is 0.0834 e. The molecular weight excluding hydrogens is 206 g/mol. The second-order valence-corrected chi connectivity index (χ2v) is 4.97. The number of hydrogen-bond donors (Lipinski definition) is 2. The number of rotatable bonds is 6. The quantitative estimate of drug-likeness (QED) is 0.737. The molecule has 92 valence electrons. The van der Waals surface area contributed by atoms with Crippen molar-refractivity contribution in [3.8, 4) is 0 Å². The zero-order chi connectivity index (χ0) is 12.2. The Morgan fingerprint density at radius 2 is 2.00 bits per heavy atom. The van der Waals surface area contributed by atoms with Crippen molar-refractivity contribution in [2.45, 2.75) is 26.7 Å². The lowest BCUT2D eigenvalue weighted by atomic mass is 9.78. The first-order valence-corrected chi connectivity index (χ1v) is 5.58. The molecule has 0 amide bonds. The van der Waals surface area contributed by atoms with Gasteiger partial charge in [0.15, 0.2) is 0 Å². The van der Waals surface area contributed by atoms with Crippen molar-refractivity contribution >= 4 is 0 Å². The molecule has 2 N–H and O–H groups in total. The maximum atomic E-state index is 9.48. The van der Waals surface area contributed by atoms with Gasteiger partial charge in [0.1, 0.15) is 0 Å². The lowest BCUT2D eigenvalue weighted by molar-refractivity contribution is 0.0362. The van der Waals surface area contributed by atoms with Crippen molar-refractivity contribution in [3.63, 3.8) is 0 Å².